The van der Waals surface area contributed by atoms with Crippen LogP contribution in [-0.2, 0) is 13.0 Å². The molecule has 4 rings (SSSR count). The van der Waals surface area contributed by atoms with Crippen molar-refractivity contribution in [2.75, 3.05) is 11.9 Å². The molecule has 23 heavy (non-hydrogen) atoms. The number of nitrogens with one attached hydrogen (secondary N) is 2. The molecule has 0 bridgehead atoms. The quantitative estimate of drug-likeness (QED) is 0.857. The van der Waals surface area contributed by atoms with E-state index in [1.165, 1.54) is 18.4 Å². The third kappa shape index (κ3) is 2.98. The first-order chi connectivity index (χ1) is 11.2. The van der Waals surface area contributed by atoms with Gasteiger partial charge in [0.05, 0.1) is 18.8 Å². The van der Waals surface area contributed by atoms with Gasteiger partial charge < -0.3 is 14.8 Å². The molecule has 0 spiro atoms. The molecule has 2 N–H and O–H groups in total. The number of H-pyrrole nitrogens is 1. The SMILES string of the molecule is CCOc1cc2c(cc1NCc1nc(C3CC3)n[nH]1)O[C@H](C)C2. The van der Waals surface area contributed by atoms with Crippen molar-refractivity contribution >= 4 is 5.69 Å². The van der Waals surface area contributed by atoms with Gasteiger partial charge in [-0.05, 0) is 32.8 Å². The molecule has 1 saturated carbocycles. The molecule has 6 nitrogen and oxygen atoms in total. The second-order valence-corrected chi connectivity index (χ2v) is 6.29. The zero-order valence-electron chi connectivity index (χ0n) is 13.6. The fourth-order valence-corrected chi connectivity index (χ4v) is 2.94. The summed E-state index contributed by atoms with van der Waals surface area (Å²) in [5, 5.41) is 10.7. The summed E-state index contributed by atoms with van der Waals surface area (Å²) in [6.45, 7) is 5.31. The van der Waals surface area contributed by atoms with Gasteiger partial charge in [0.1, 0.15) is 23.4 Å². The summed E-state index contributed by atoms with van der Waals surface area (Å²) in [5.41, 5.74) is 2.14. The van der Waals surface area contributed by atoms with Crippen LogP contribution >= 0.6 is 0 Å². The molecule has 6 heteroatoms. The zero-order chi connectivity index (χ0) is 15.8. The highest BCUT2D eigenvalue weighted by Crippen LogP contribution is 2.39. The minimum Gasteiger partial charge on any atom is -0.492 e. The maximum absolute atomic E-state index is 5.85. The average Bonchev–Trinajstić information content (AvgIpc) is 3.16. The largest absolute Gasteiger partial charge is 0.492 e. The smallest absolute Gasteiger partial charge is 0.153 e. The van der Waals surface area contributed by atoms with Gasteiger partial charge in [-0.15, -0.1) is 0 Å². The van der Waals surface area contributed by atoms with Gasteiger partial charge in [-0.2, -0.15) is 5.10 Å². The summed E-state index contributed by atoms with van der Waals surface area (Å²) in [7, 11) is 0. The molecule has 1 aliphatic heterocycles. The van der Waals surface area contributed by atoms with Crippen LogP contribution in [0.1, 0.15) is 49.8 Å². The highest BCUT2D eigenvalue weighted by Gasteiger charge is 2.27. The van der Waals surface area contributed by atoms with Crippen LogP contribution in [0, 0.1) is 0 Å². The molecule has 2 aromatic rings. The summed E-state index contributed by atoms with van der Waals surface area (Å²) in [6.07, 6.45) is 3.58. The number of aromatic nitrogens is 3. The van der Waals surface area contributed by atoms with Gasteiger partial charge in [0.15, 0.2) is 5.82 Å². The Labute approximate surface area is 135 Å². The van der Waals surface area contributed by atoms with E-state index in [0.29, 0.717) is 19.1 Å². The van der Waals surface area contributed by atoms with Crippen molar-refractivity contribution in [3.8, 4) is 11.5 Å². The Bertz CT molecular complexity index is 709. The number of benzene rings is 1. The molecular weight excluding hydrogens is 292 g/mol. The molecule has 1 aromatic heterocycles. The maximum atomic E-state index is 5.85. The van der Waals surface area contributed by atoms with Crippen LogP contribution in [0.4, 0.5) is 5.69 Å². The van der Waals surface area contributed by atoms with E-state index < -0.39 is 0 Å². The monoisotopic (exact) mass is 314 g/mol. The van der Waals surface area contributed by atoms with Gasteiger partial charge in [-0.3, -0.25) is 5.10 Å². The van der Waals surface area contributed by atoms with Gasteiger partial charge in [0, 0.05) is 24.0 Å². The van der Waals surface area contributed by atoms with Crippen molar-refractivity contribution in [2.45, 2.75) is 51.7 Å². The molecule has 122 valence electrons. The Balaban J connectivity index is 1.51. The molecule has 1 aromatic carbocycles. The lowest BCUT2D eigenvalue weighted by atomic mass is 10.1. The van der Waals surface area contributed by atoms with E-state index in [2.05, 4.69) is 33.5 Å². The van der Waals surface area contributed by atoms with Crippen molar-refractivity contribution in [1.82, 2.24) is 15.2 Å². The number of aromatic amines is 1. The summed E-state index contributed by atoms with van der Waals surface area (Å²) in [6, 6.07) is 4.11. The summed E-state index contributed by atoms with van der Waals surface area (Å²) >= 11 is 0. The Morgan fingerprint density at radius 3 is 3.04 bits per heavy atom. The normalized spacial score (nSPS) is 19.3. The molecule has 1 aliphatic carbocycles. The van der Waals surface area contributed by atoms with E-state index in [4.69, 9.17) is 9.47 Å². The van der Waals surface area contributed by atoms with Crippen molar-refractivity contribution in [2.24, 2.45) is 0 Å². The average molecular weight is 314 g/mol. The minimum atomic E-state index is 0.227. The van der Waals surface area contributed by atoms with Crippen molar-refractivity contribution in [3.05, 3.63) is 29.3 Å². The van der Waals surface area contributed by atoms with E-state index in [9.17, 15) is 0 Å². The van der Waals surface area contributed by atoms with E-state index in [0.717, 1.165) is 35.3 Å². The predicted octanol–water partition coefficient (Wildman–Crippen LogP) is 3.02. The molecule has 2 heterocycles. The third-order valence-corrected chi connectivity index (χ3v) is 4.24. The first kappa shape index (κ1) is 14.4. The van der Waals surface area contributed by atoms with Crippen molar-refractivity contribution in [1.29, 1.82) is 0 Å². The first-order valence-corrected chi connectivity index (χ1v) is 8.34. The third-order valence-electron chi connectivity index (χ3n) is 4.24. The van der Waals surface area contributed by atoms with E-state index in [1.807, 2.05) is 13.0 Å². The molecule has 0 saturated heterocycles. The molecule has 0 amide bonds. The Kier molecular flexibility index (Phi) is 3.59. The van der Waals surface area contributed by atoms with Gasteiger partial charge in [-0.1, -0.05) is 0 Å². The topological polar surface area (TPSA) is 72.1 Å². The molecule has 2 aliphatic rings. The van der Waals surface area contributed by atoms with Gasteiger partial charge >= 0.3 is 0 Å². The fraction of sp³-hybridized carbons (Fsp3) is 0.529. The molecule has 1 fully saturated rings. The highest BCUT2D eigenvalue weighted by molar-refractivity contribution is 5.63. The van der Waals surface area contributed by atoms with Crippen molar-refractivity contribution < 1.29 is 9.47 Å². The molecule has 0 unspecified atom stereocenters. The van der Waals surface area contributed by atoms with Gasteiger partial charge in [-0.25, -0.2) is 4.98 Å². The van der Waals surface area contributed by atoms with Crippen LogP contribution in [0.5, 0.6) is 11.5 Å². The minimum absolute atomic E-state index is 0.227. The number of rotatable bonds is 6. The second kappa shape index (κ2) is 5.76. The number of fused-ring (bicyclic) bond motifs is 1. The van der Waals surface area contributed by atoms with Crippen LogP contribution in [0.2, 0.25) is 0 Å². The van der Waals surface area contributed by atoms with Gasteiger partial charge in [0.25, 0.3) is 0 Å². The van der Waals surface area contributed by atoms with Crippen LogP contribution in [0.25, 0.3) is 0 Å². The van der Waals surface area contributed by atoms with E-state index in [1.54, 1.807) is 0 Å². The Morgan fingerprint density at radius 2 is 2.26 bits per heavy atom. The van der Waals surface area contributed by atoms with Crippen LogP contribution in [0.15, 0.2) is 12.1 Å². The van der Waals surface area contributed by atoms with E-state index >= 15 is 0 Å². The number of hydrogen-bond donors (Lipinski definition) is 2. The lowest BCUT2D eigenvalue weighted by Crippen LogP contribution is -2.05. The van der Waals surface area contributed by atoms with Crippen LogP contribution in [-0.4, -0.2) is 27.9 Å². The lowest BCUT2D eigenvalue weighted by molar-refractivity contribution is 0.254. The zero-order valence-corrected chi connectivity index (χ0v) is 13.6. The standard InChI is InChI=1S/C17H22N4O2/c1-3-22-15-7-12-6-10(2)23-14(12)8-13(15)18-9-16-19-17(21-20-16)11-4-5-11/h7-8,10-11,18H,3-6,9H2,1-2H3,(H,19,20,21)/t10-/m1/s1. The molecule has 1 atom stereocenters. The number of anilines is 1. The summed E-state index contributed by atoms with van der Waals surface area (Å²) < 4.78 is 11.6. The lowest BCUT2D eigenvalue weighted by Gasteiger charge is -2.13. The van der Waals surface area contributed by atoms with Crippen LogP contribution in [0.3, 0.4) is 0 Å². The number of nitrogens with zero attached hydrogens (tertiary/aromatic N) is 2. The van der Waals surface area contributed by atoms with Gasteiger partial charge in [0.2, 0.25) is 0 Å². The highest BCUT2D eigenvalue weighted by atomic mass is 16.5. The fourth-order valence-electron chi connectivity index (χ4n) is 2.94. The molecule has 0 radical (unpaired) electrons. The number of ether oxygens (including phenoxy) is 2. The number of hydrogen-bond acceptors (Lipinski definition) is 5. The first-order valence-electron chi connectivity index (χ1n) is 8.34. The predicted molar refractivity (Wildman–Crippen MR) is 87.1 cm³/mol. The Morgan fingerprint density at radius 1 is 1.39 bits per heavy atom. The summed E-state index contributed by atoms with van der Waals surface area (Å²) in [5.74, 6) is 4.17. The Hall–Kier alpha value is -2.24. The van der Waals surface area contributed by atoms with Crippen molar-refractivity contribution in [3.63, 3.8) is 0 Å². The van der Waals surface area contributed by atoms with E-state index in [-0.39, 0.29) is 6.10 Å². The van der Waals surface area contributed by atoms with Crippen LogP contribution < -0.4 is 14.8 Å². The maximum Gasteiger partial charge on any atom is 0.153 e. The second-order valence-electron chi connectivity index (χ2n) is 6.29. The summed E-state index contributed by atoms with van der Waals surface area (Å²) in [4.78, 5) is 4.55. The molecular formula is C17H22N4O2.